The quantitative estimate of drug-likeness (QED) is 0.408. The van der Waals surface area contributed by atoms with Crippen molar-refractivity contribution in [2.45, 2.75) is 40.0 Å². The van der Waals surface area contributed by atoms with Crippen LogP contribution in [0.3, 0.4) is 0 Å². The highest BCUT2D eigenvalue weighted by Crippen LogP contribution is 2.18. The lowest BCUT2D eigenvalue weighted by Crippen LogP contribution is -2.15. The molecule has 3 nitrogen and oxygen atoms in total. The third kappa shape index (κ3) is 4.08. The molecule has 0 saturated carbocycles. The normalized spacial score (nSPS) is 14.0. The van der Waals surface area contributed by atoms with E-state index in [1.165, 1.54) is 0 Å². The molecule has 0 fully saturated rings. The van der Waals surface area contributed by atoms with Crippen LogP contribution < -0.4 is 0 Å². The lowest BCUT2D eigenvalue weighted by atomic mass is 9.96. The summed E-state index contributed by atoms with van der Waals surface area (Å²) in [6, 6.07) is 0. The van der Waals surface area contributed by atoms with Crippen LogP contribution in [-0.2, 0) is 9.68 Å². The zero-order valence-electron chi connectivity index (χ0n) is 8.54. The highest BCUT2D eigenvalue weighted by molar-refractivity contribution is 5.74. The Morgan fingerprint density at radius 2 is 2.23 bits per heavy atom. The van der Waals surface area contributed by atoms with Crippen molar-refractivity contribution in [2.75, 3.05) is 0 Å². The van der Waals surface area contributed by atoms with Gasteiger partial charge in [0.1, 0.15) is 0 Å². The smallest absolute Gasteiger partial charge is 0.300 e. The van der Waals surface area contributed by atoms with Crippen LogP contribution in [0.15, 0.2) is 11.6 Å². The van der Waals surface area contributed by atoms with Gasteiger partial charge in [0.05, 0.1) is 5.92 Å². The van der Waals surface area contributed by atoms with E-state index in [1.807, 2.05) is 13.0 Å². The van der Waals surface area contributed by atoms with Crippen LogP contribution in [0.25, 0.3) is 0 Å². The second-order valence-corrected chi connectivity index (χ2v) is 3.10. The fraction of sp³-hybridized carbons (Fsp3) is 0.700. The Balaban J connectivity index is 4.16. The van der Waals surface area contributed by atoms with Gasteiger partial charge in [0.25, 0.3) is 0 Å². The molecule has 0 aromatic heterocycles. The maximum atomic E-state index is 11.0. The molecule has 0 saturated heterocycles. The van der Waals surface area contributed by atoms with E-state index in [0.717, 1.165) is 24.8 Å². The van der Waals surface area contributed by atoms with Crippen molar-refractivity contribution >= 4 is 5.97 Å². The molecular weight excluding hydrogens is 168 g/mol. The average Bonchev–Trinajstić information content (AvgIpc) is 2.17. The second-order valence-electron chi connectivity index (χ2n) is 3.10. The summed E-state index contributed by atoms with van der Waals surface area (Å²) in [7, 11) is 0. The van der Waals surface area contributed by atoms with Gasteiger partial charge < -0.3 is 4.89 Å². The zero-order chi connectivity index (χ0) is 10.3. The summed E-state index contributed by atoms with van der Waals surface area (Å²) in [5, 5.41) is 8.20. The first kappa shape index (κ1) is 12.2. The summed E-state index contributed by atoms with van der Waals surface area (Å²) in [6.45, 7) is 5.73. The number of allylic oxidation sites excluding steroid dienone is 1. The second kappa shape index (κ2) is 6.66. The van der Waals surface area contributed by atoms with Crippen molar-refractivity contribution in [1.82, 2.24) is 0 Å². The van der Waals surface area contributed by atoms with Gasteiger partial charge in [0, 0.05) is 0 Å². The number of rotatable bonds is 5. The van der Waals surface area contributed by atoms with Crippen molar-refractivity contribution in [3.63, 3.8) is 0 Å². The van der Waals surface area contributed by atoms with Gasteiger partial charge in [-0.2, -0.15) is 5.26 Å². The van der Waals surface area contributed by atoms with E-state index in [4.69, 9.17) is 5.26 Å². The molecule has 0 aliphatic rings. The maximum absolute atomic E-state index is 11.0. The number of carbonyl (C=O) groups is 1. The Labute approximate surface area is 79.3 Å². The summed E-state index contributed by atoms with van der Waals surface area (Å²) in [4.78, 5) is 14.7. The molecule has 0 aliphatic heterocycles. The highest BCUT2D eigenvalue weighted by atomic mass is 17.1. The average molecular weight is 186 g/mol. The van der Waals surface area contributed by atoms with Gasteiger partial charge in [-0.15, -0.1) is 0 Å². The fourth-order valence-corrected chi connectivity index (χ4v) is 1.22. The summed E-state index contributed by atoms with van der Waals surface area (Å²) in [6.07, 6.45) is 4.96. The van der Waals surface area contributed by atoms with Crippen LogP contribution in [0.5, 0.6) is 0 Å². The molecule has 13 heavy (non-hydrogen) atoms. The van der Waals surface area contributed by atoms with Crippen molar-refractivity contribution in [3.8, 4) is 0 Å². The molecule has 1 atom stereocenters. The van der Waals surface area contributed by atoms with Gasteiger partial charge in [-0.3, -0.25) is 0 Å². The zero-order valence-corrected chi connectivity index (χ0v) is 8.54. The number of hydrogen-bond acceptors (Lipinski definition) is 3. The molecule has 1 unspecified atom stereocenters. The van der Waals surface area contributed by atoms with Crippen LogP contribution in [0.2, 0.25) is 0 Å². The Morgan fingerprint density at radius 3 is 2.62 bits per heavy atom. The number of hydrogen-bond donors (Lipinski definition) is 1. The standard InChI is InChI=1S/C10H18O3/c1-4-6-7-9(5-2)8(3)10(11)13-12/h5,8,12H,4,6-7H2,1-3H3. The number of carbonyl (C=O) groups excluding carboxylic acids is 1. The molecule has 0 amide bonds. The minimum Gasteiger partial charge on any atom is -0.300 e. The van der Waals surface area contributed by atoms with Crippen molar-refractivity contribution in [3.05, 3.63) is 11.6 Å². The molecule has 0 aromatic rings. The third-order valence-corrected chi connectivity index (χ3v) is 2.19. The Morgan fingerprint density at radius 1 is 1.62 bits per heavy atom. The van der Waals surface area contributed by atoms with Gasteiger partial charge in [-0.05, 0) is 26.7 Å². The van der Waals surface area contributed by atoms with E-state index in [1.54, 1.807) is 6.92 Å². The fourth-order valence-electron chi connectivity index (χ4n) is 1.22. The van der Waals surface area contributed by atoms with E-state index >= 15 is 0 Å². The lowest BCUT2D eigenvalue weighted by Gasteiger charge is -2.11. The van der Waals surface area contributed by atoms with Crippen LogP contribution in [0.1, 0.15) is 40.0 Å². The number of unbranched alkanes of at least 4 members (excludes halogenated alkanes) is 1. The van der Waals surface area contributed by atoms with Gasteiger partial charge >= 0.3 is 5.97 Å². The molecule has 0 heterocycles. The maximum Gasteiger partial charge on any atom is 0.348 e. The molecule has 0 spiro atoms. The minimum atomic E-state index is -0.579. The van der Waals surface area contributed by atoms with E-state index in [-0.39, 0.29) is 5.92 Å². The third-order valence-electron chi connectivity index (χ3n) is 2.19. The molecule has 1 N–H and O–H groups in total. The van der Waals surface area contributed by atoms with E-state index in [0.29, 0.717) is 0 Å². The Kier molecular flexibility index (Phi) is 6.24. The lowest BCUT2D eigenvalue weighted by molar-refractivity contribution is -0.237. The van der Waals surface area contributed by atoms with E-state index in [9.17, 15) is 4.79 Å². The monoisotopic (exact) mass is 186 g/mol. The predicted molar refractivity (Wildman–Crippen MR) is 51.2 cm³/mol. The van der Waals surface area contributed by atoms with E-state index in [2.05, 4.69) is 11.8 Å². The highest BCUT2D eigenvalue weighted by Gasteiger charge is 2.18. The first-order chi connectivity index (χ1) is 6.17. The predicted octanol–water partition coefficient (Wildman–Crippen LogP) is 2.78. The van der Waals surface area contributed by atoms with Crippen LogP contribution in [0, 0.1) is 5.92 Å². The molecule has 0 bridgehead atoms. The first-order valence-corrected chi connectivity index (χ1v) is 4.67. The van der Waals surface area contributed by atoms with Gasteiger partial charge in [0.15, 0.2) is 0 Å². The largest absolute Gasteiger partial charge is 0.348 e. The van der Waals surface area contributed by atoms with Crippen molar-refractivity contribution in [2.24, 2.45) is 5.92 Å². The summed E-state index contributed by atoms with van der Waals surface area (Å²) in [5.74, 6) is -0.911. The topological polar surface area (TPSA) is 46.5 Å². The summed E-state index contributed by atoms with van der Waals surface area (Å²) >= 11 is 0. The molecule has 0 radical (unpaired) electrons. The SMILES string of the molecule is CC=C(CCCC)C(C)C(=O)OO. The molecule has 76 valence electrons. The first-order valence-electron chi connectivity index (χ1n) is 4.67. The molecular formula is C10H18O3. The van der Waals surface area contributed by atoms with Gasteiger partial charge in [0.2, 0.25) is 0 Å². The summed E-state index contributed by atoms with van der Waals surface area (Å²) in [5.41, 5.74) is 1.03. The summed E-state index contributed by atoms with van der Waals surface area (Å²) < 4.78 is 0. The van der Waals surface area contributed by atoms with Crippen LogP contribution in [-0.4, -0.2) is 11.2 Å². The van der Waals surface area contributed by atoms with E-state index < -0.39 is 5.97 Å². The van der Waals surface area contributed by atoms with Gasteiger partial charge in [-0.25, -0.2) is 4.79 Å². The minimum absolute atomic E-state index is 0.332. The molecule has 0 aromatic carbocycles. The van der Waals surface area contributed by atoms with Crippen LogP contribution in [0.4, 0.5) is 0 Å². The Hall–Kier alpha value is -0.830. The van der Waals surface area contributed by atoms with Crippen LogP contribution >= 0.6 is 0 Å². The molecule has 0 aliphatic carbocycles. The molecule has 0 rings (SSSR count). The van der Waals surface area contributed by atoms with Crippen molar-refractivity contribution < 1.29 is 14.9 Å². The van der Waals surface area contributed by atoms with Gasteiger partial charge in [-0.1, -0.05) is 25.0 Å². The van der Waals surface area contributed by atoms with Crippen molar-refractivity contribution in [1.29, 1.82) is 0 Å². The Bertz CT molecular complexity index is 185. The molecule has 3 heteroatoms.